The second-order valence-corrected chi connectivity index (χ2v) is 17.2. The molecule has 11 rings (SSSR count). The molecule has 62 heavy (non-hydrogen) atoms. The van der Waals surface area contributed by atoms with Gasteiger partial charge < -0.3 is 4.42 Å². The number of nitrogens with zero attached hydrogens (tertiary/aromatic N) is 2. The highest BCUT2D eigenvalue weighted by atomic mass is 16.3. The van der Waals surface area contributed by atoms with Gasteiger partial charge in [-0.15, -0.1) is 0 Å². The molecule has 0 radical (unpaired) electrons. The fraction of sp³-hybridized carbons (Fsp3) is 0.153. The predicted octanol–water partition coefficient (Wildman–Crippen LogP) is 15.4. The molecule has 300 valence electrons. The van der Waals surface area contributed by atoms with E-state index in [1.807, 2.05) is 0 Å². The molecule has 0 saturated carbocycles. The molecular formula is C59H48N2O. The number of allylic oxidation sites excluding steroid dienone is 9. The Labute approximate surface area is 363 Å². The van der Waals surface area contributed by atoms with Crippen LogP contribution < -0.4 is 0 Å². The Bertz CT molecular complexity index is 3280. The van der Waals surface area contributed by atoms with E-state index < -0.39 is 0 Å². The van der Waals surface area contributed by atoms with Crippen LogP contribution in [0, 0.1) is 11.8 Å². The van der Waals surface area contributed by atoms with E-state index in [4.69, 9.17) is 14.4 Å². The summed E-state index contributed by atoms with van der Waals surface area (Å²) < 4.78 is 6.99. The largest absolute Gasteiger partial charge is 0.456 e. The van der Waals surface area contributed by atoms with Gasteiger partial charge in [-0.2, -0.15) is 0 Å². The first-order valence-corrected chi connectivity index (χ1v) is 22.2. The Kier molecular flexibility index (Phi) is 9.81. The minimum Gasteiger partial charge on any atom is -0.456 e. The second kappa shape index (κ2) is 16.1. The van der Waals surface area contributed by atoms with E-state index in [0.29, 0.717) is 0 Å². The maximum absolute atomic E-state index is 6.99. The number of hydrogen-bond donors (Lipinski definition) is 0. The molecule has 0 saturated heterocycles. The number of fused-ring (bicyclic) bond motifs is 8. The highest BCUT2D eigenvalue weighted by molar-refractivity contribution is 6.23. The van der Waals surface area contributed by atoms with Gasteiger partial charge >= 0.3 is 0 Å². The maximum Gasteiger partial charge on any atom is 0.160 e. The smallest absolute Gasteiger partial charge is 0.160 e. The summed E-state index contributed by atoms with van der Waals surface area (Å²) in [4.78, 5) is 11.2. The monoisotopic (exact) mass is 800 g/mol. The fourth-order valence-electron chi connectivity index (χ4n) is 9.93. The van der Waals surface area contributed by atoms with Crippen LogP contribution in [0.25, 0.3) is 54.6 Å². The van der Waals surface area contributed by atoms with Crippen molar-refractivity contribution in [2.45, 2.75) is 45.4 Å². The molecule has 7 aromatic carbocycles. The van der Waals surface area contributed by atoms with Crippen LogP contribution in [0.5, 0.6) is 0 Å². The van der Waals surface area contributed by atoms with Gasteiger partial charge in [-0.05, 0) is 111 Å². The minimum absolute atomic E-state index is 0.0747. The quantitative estimate of drug-likeness (QED) is 0.175. The van der Waals surface area contributed by atoms with Crippen LogP contribution in [-0.2, 0) is 6.42 Å². The molecule has 3 unspecified atom stereocenters. The van der Waals surface area contributed by atoms with Crippen LogP contribution in [0.15, 0.2) is 214 Å². The Balaban J connectivity index is 1.14. The van der Waals surface area contributed by atoms with Crippen molar-refractivity contribution in [3.8, 4) is 11.1 Å². The van der Waals surface area contributed by atoms with Gasteiger partial charge in [0.15, 0.2) is 5.84 Å². The third-order valence-corrected chi connectivity index (χ3v) is 13.2. The van der Waals surface area contributed by atoms with Gasteiger partial charge in [0.1, 0.15) is 11.2 Å². The number of aryl methyl sites for hydroxylation is 1. The Hall–Kier alpha value is -7.10. The van der Waals surface area contributed by atoms with E-state index >= 15 is 0 Å². The van der Waals surface area contributed by atoms with E-state index in [-0.39, 0.29) is 17.8 Å². The van der Waals surface area contributed by atoms with Gasteiger partial charge in [0.05, 0.1) is 11.4 Å². The first kappa shape index (κ1) is 37.9. The summed E-state index contributed by atoms with van der Waals surface area (Å²) in [6.45, 7) is 4.58. The molecule has 0 spiro atoms. The summed E-state index contributed by atoms with van der Waals surface area (Å²) in [5.74, 6) is 1.11. The predicted molar refractivity (Wildman–Crippen MR) is 261 cm³/mol. The van der Waals surface area contributed by atoms with Gasteiger partial charge in [0, 0.05) is 39.7 Å². The Morgan fingerprint density at radius 2 is 1.34 bits per heavy atom. The normalized spacial score (nSPS) is 22.5. The molecule has 0 fully saturated rings. The standard InChI is InChI=1S/C59H48N2O/c1-38-18-8-5-3-4-6-11-25-47(38)54-31-28-39(2)58(61-59(60-54)40-19-9-7-10-20-40)53-35-46(37-56-57(53)52-34-43-23-14-15-24-44(43)36-55(52)62-56)48-30-29-45-32-41-21-12-13-22-42(41)33-51(45)50-27-17-16-26-49(48)50/h3,5-27,31-39,48H,4,28-30H2,1-2H3/b5-3-,11-6-,18-8-,47-25+,54-31+,60-59?,61-58?. The minimum atomic E-state index is 0.0747. The van der Waals surface area contributed by atoms with E-state index in [1.54, 1.807) is 0 Å². The molecule has 3 aliphatic rings. The average molecular weight is 801 g/mol. The van der Waals surface area contributed by atoms with E-state index in [2.05, 4.69) is 202 Å². The lowest BCUT2D eigenvalue weighted by molar-refractivity contribution is 0.665. The number of rotatable bonds is 4. The Morgan fingerprint density at radius 3 is 2.18 bits per heavy atom. The molecule has 2 aliphatic carbocycles. The van der Waals surface area contributed by atoms with Crippen LogP contribution in [0.3, 0.4) is 0 Å². The summed E-state index contributed by atoms with van der Waals surface area (Å²) in [7, 11) is 0. The topological polar surface area (TPSA) is 37.9 Å². The number of hydrogen-bond acceptors (Lipinski definition) is 3. The van der Waals surface area contributed by atoms with Crippen molar-refractivity contribution in [2.24, 2.45) is 21.8 Å². The third-order valence-electron chi connectivity index (χ3n) is 13.2. The zero-order valence-corrected chi connectivity index (χ0v) is 35.3. The third kappa shape index (κ3) is 6.98. The Morgan fingerprint density at radius 1 is 0.613 bits per heavy atom. The number of benzene rings is 7. The van der Waals surface area contributed by atoms with Crippen LogP contribution in [0.1, 0.15) is 66.8 Å². The number of furan rings is 1. The lowest BCUT2D eigenvalue weighted by atomic mass is 9.82. The van der Waals surface area contributed by atoms with Crippen molar-refractivity contribution in [1.29, 1.82) is 0 Å². The van der Waals surface area contributed by atoms with Crippen molar-refractivity contribution in [1.82, 2.24) is 0 Å². The summed E-state index contributed by atoms with van der Waals surface area (Å²) in [6.07, 6.45) is 21.3. The van der Waals surface area contributed by atoms with Crippen molar-refractivity contribution in [3.05, 3.63) is 227 Å². The lowest BCUT2D eigenvalue weighted by Crippen LogP contribution is -2.18. The molecular weight excluding hydrogens is 753 g/mol. The van der Waals surface area contributed by atoms with E-state index in [0.717, 1.165) is 76.0 Å². The highest BCUT2D eigenvalue weighted by Gasteiger charge is 2.29. The van der Waals surface area contributed by atoms with Crippen LogP contribution in [-0.4, -0.2) is 11.5 Å². The van der Waals surface area contributed by atoms with Crippen molar-refractivity contribution in [3.63, 3.8) is 0 Å². The van der Waals surface area contributed by atoms with Crippen LogP contribution in [0.4, 0.5) is 0 Å². The van der Waals surface area contributed by atoms with Gasteiger partial charge in [-0.1, -0.05) is 172 Å². The summed E-state index contributed by atoms with van der Waals surface area (Å²) >= 11 is 0. The SMILES string of the molecule is CC1C\C=C(/C2=C/C=C\C/C=C\C=C/C2C)N=C(c2ccccc2)N=C1c1cc(C2CCc3cc4ccccc4cc3-c3ccccc32)cc2oc3cc4ccccc4cc3c12. The van der Waals surface area contributed by atoms with Gasteiger partial charge in [0.25, 0.3) is 0 Å². The molecule has 3 nitrogen and oxygen atoms in total. The molecule has 2 heterocycles. The highest BCUT2D eigenvalue weighted by Crippen LogP contribution is 2.45. The zero-order chi connectivity index (χ0) is 41.6. The molecule has 0 N–H and O–H groups in total. The van der Waals surface area contributed by atoms with Crippen molar-refractivity contribution in [2.75, 3.05) is 0 Å². The molecule has 8 aromatic rings. The number of amidine groups is 1. The van der Waals surface area contributed by atoms with E-state index in [1.165, 1.54) is 54.9 Å². The second-order valence-electron chi connectivity index (χ2n) is 17.2. The molecule has 0 bridgehead atoms. The van der Waals surface area contributed by atoms with Crippen LogP contribution >= 0.6 is 0 Å². The summed E-state index contributed by atoms with van der Waals surface area (Å²) in [5.41, 5.74) is 13.7. The first-order valence-electron chi connectivity index (χ1n) is 22.2. The van der Waals surface area contributed by atoms with Gasteiger partial charge in [0.2, 0.25) is 0 Å². The maximum atomic E-state index is 6.99. The first-order chi connectivity index (χ1) is 30.6. The fourth-order valence-corrected chi connectivity index (χ4v) is 9.93. The van der Waals surface area contributed by atoms with Gasteiger partial charge in [-0.25, -0.2) is 9.98 Å². The van der Waals surface area contributed by atoms with Crippen molar-refractivity contribution >= 4 is 55.0 Å². The van der Waals surface area contributed by atoms with Gasteiger partial charge in [-0.3, -0.25) is 0 Å². The molecule has 3 atom stereocenters. The molecule has 0 amide bonds. The van der Waals surface area contributed by atoms with E-state index in [9.17, 15) is 0 Å². The molecule has 3 heteroatoms. The summed E-state index contributed by atoms with van der Waals surface area (Å²) in [5, 5.41) is 7.15. The van der Waals surface area contributed by atoms with Crippen molar-refractivity contribution < 1.29 is 4.42 Å². The zero-order valence-electron chi connectivity index (χ0n) is 35.3. The lowest BCUT2D eigenvalue weighted by Gasteiger charge is -2.23. The number of aliphatic imine (C=N–C) groups is 2. The molecule has 1 aromatic heterocycles. The average Bonchev–Trinajstić information content (AvgIpc) is 3.58. The molecule has 1 aliphatic heterocycles. The summed E-state index contributed by atoms with van der Waals surface area (Å²) in [6, 6.07) is 51.0. The van der Waals surface area contributed by atoms with Crippen LogP contribution in [0.2, 0.25) is 0 Å².